The number of halogens is 1. The van der Waals surface area contributed by atoms with Crippen molar-refractivity contribution in [3.05, 3.63) is 53.5 Å². The SMILES string of the molecule is CCCCc1ccc(-c2ccc(C3CCC(C)CC3)cc2F)nc1. The zero-order valence-corrected chi connectivity index (χ0v) is 14.9. The molecule has 128 valence electrons. The number of hydrogen-bond donors (Lipinski definition) is 0. The van der Waals surface area contributed by atoms with Gasteiger partial charge in [-0.2, -0.15) is 0 Å². The molecular weight excluding hydrogens is 297 g/mol. The molecule has 0 atom stereocenters. The number of nitrogens with zero attached hydrogens (tertiary/aromatic N) is 1. The summed E-state index contributed by atoms with van der Waals surface area (Å²) in [7, 11) is 0. The van der Waals surface area contributed by atoms with Gasteiger partial charge in [0.1, 0.15) is 5.82 Å². The minimum atomic E-state index is -0.139. The predicted octanol–water partition coefficient (Wildman–Crippen LogP) is 6.52. The van der Waals surface area contributed by atoms with Crippen LogP contribution in [0.4, 0.5) is 4.39 Å². The van der Waals surface area contributed by atoms with Crippen LogP contribution in [0.2, 0.25) is 0 Å². The Morgan fingerprint density at radius 3 is 2.50 bits per heavy atom. The number of benzene rings is 1. The van der Waals surface area contributed by atoms with Gasteiger partial charge in [-0.3, -0.25) is 4.98 Å². The minimum Gasteiger partial charge on any atom is -0.256 e. The van der Waals surface area contributed by atoms with Gasteiger partial charge in [-0.1, -0.05) is 45.2 Å². The number of aryl methyl sites for hydroxylation is 1. The lowest BCUT2D eigenvalue weighted by atomic mass is 9.79. The average Bonchev–Trinajstić information content (AvgIpc) is 2.61. The highest BCUT2D eigenvalue weighted by atomic mass is 19.1. The van der Waals surface area contributed by atoms with Crippen LogP contribution < -0.4 is 0 Å². The average molecular weight is 325 g/mol. The van der Waals surface area contributed by atoms with E-state index in [4.69, 9.17) is 0 Å². The molecule has 0 bridgehead atoms. The molecule has 0 unspecified atom stereocenters. The van der Waals surface area contributed by atoms with E-state index in [2.05, 4.69) is 31.0 Å². The Balaban J connectivity index is 1.74. The molecule has 2 heteroatoms. The van der Waals surface area contributed by atoms with Gasteiger partial charge >= 0.3 is 0 Å². The van der Waals surface area contributed by atoms with Crippen LogP contribution >= 0.6 is 0 Å². The van der Waals surface area contributed by atoms with Gasteiger partial charge in [-0.25, -0.2) is 4.39 Å². The largest absolute Gasteiger partial charge is 0.256 e. The van der Waals surface area contributed by atoms with Crippen molar-refractivity contribution in [1.29, 1.82) is 0 Å². The number of hydrogen-bond acceptors (Lipinski definition) is 1. The van der Waals surface area contributed by atoms with E-state index < -0.39 is 0 Å². The molecule has 0 saturated heterocycles. The van der Waals surface area contributed by atoms with Crippen molar-refractivity contribution in [3.8, 4) is 11.3 Å². The Bertz CT molecular complexity index is 654. The Hall–Kier alpha value is -1.70. The molecule has 1 aromatic carbocycles. The highest BCUT2D eigenvalue weighted by Crippen LogP contribution is 2.36. The molecule has 1 nitrogen and oxygen atoms in total. The highest BCUT2D eigenvalue weighted by Gasteiger charge is 2.20. The van der Waals surface area contributed by atoms with Gasteiger partial charge < -0.3 is 0 Å². The van der Waals surface area contributed by atoms with E-state index in [-0.39, 0.29) is 5.82 Å². The molecule has 1 fully saturated rings. The molecule has 24 heavy (non-hydrogen) atoms. The fraction of sp³-hybridized carbons (Fsp3) is 0.500. The van der Waals surface area contributed by atoms with Crippen molar-refractivity contribution in [1.82, 2.24) is 4.98 Å². The lowest BCUT2D eigenvalue weighted by molar-refractivity contribution is 0.347. The first kappa shape index (κ1) is 17.1. The molecule has 3 rings (SSSR count). The van der Waals surface area contributed by atoms with Crippen molar-refractivity contribution in [2.45, 2.75) is 64.7 Å². The van der Waals surface area contributed by atoms with Crippen LogP contribution in [0.3, 0.4) is 0 Å². The van der Waals surface area contributed by atoms with Gasteiger partial charge in [0, 0.05) is 11.8 Å². The topological polar surface area (TPSA) is 12.9 Å². The fourth-order valence-electron chi connectivity index (χ4n) is 3.70. The molecule has 1 saturated carbocycles. The van der Waals surface area contributed by atoms with Gasteiger partial charge in [-0.05, 0) is 66.8 Å². The zero-order chi connectivity index (χ0) is 16.9. The number of aromatic nitrogens is 1. The van der Waals surface area contributed by atoms with E-state index in [1.54, 1.807) is 6.07 Å². The normalized spacial score (nSPS) is 21.0. The summed E-state index contributed by atoms with van der Waals surface area (Å²) in [6.07, 6.45) is 10.2. The predicted molar refractivity (Wildman–Crippen MR) is 98.6 cm³/mol. The monoisotopic (exact) mass is 325 g/mol. The standard InChI is InChI=1S/C22H28FN/c1-3-4-5-17-8-13-22(24-15-17)20-12-11-19(14-21(20)23)18-9-6-16(2)7-10-18/h8,11-16,18H,3-7,9-10H2,1-2H3. The van der Waals surface area contributed by atoms with Crippen molar-refractivity contribution in [2.24, 2.45) is 5.92 Å². The van der Waals surface area contributed by atoms with E-state index in [9.17, 15) is 4.39 Å². The maximum atomic E-state index is 14.6. The molecule has 0 N–H and O–H groups in total. The van der Waals surface area contributed by atoms with Gasteiger partial charge in [0.15, 0.2) is 0 Å². The first-order valence-electron chi connectivity index (χ1n) is 9.42. The van der Waals surface area contributed by atoms with Gasteiger partial charge in [0.25, 0.3) is 0 Å². The van der Waals surface area contributed by atoms with Crippen molar-refractivity contribution in [3.63, 3.8) is 0 Å². The van der Waals surface area contributed by atoms with Gasteiger partial charge in [0.05, 0.1) is 5.69 Å². The third-order valence-electron chi connectivity index (χ3n) is 5.40. The maximum absolute atomic E-state index is 14.6. The molecule has 1 heterocycles. The summed E-state index contributed by atoms with van der Waals surface area (Å²) in [5, 5.41) is 0. The third kappa shape index (κ3) is 4.03. The molecule has 2 aromatic rings. The molecule has 0 amide bonds. The van der Waals surface area contributed by atoms with Crippen LogP contribution in [-0.2, 0) is 6.42 Å². The zero-order valence-electron chi connectivity index (χ0n) is 14.9. The van der Waals surface area contributed by atoms with Crippen LogP contribution in [0, 0.1) is 11.7 Å². The minimum absolute atomic E-state index is 0.139. The van der Waals surface area contributed by atoms with Crippen LogP contribution in [-0.4, -0.2) is 4.98 Å². The summed E-state index contributed by atoms with van der Waals surface area (Å²) in [6.45, 7) is 4.50. The van der Waals surface area contributed by atoms with Crippen molar-refractivity contribution in [2.75, 3.05) is 0 Å². The second-order valence-electron chi connectivity index (χ2n) is 7.35. The van der Waals surface area contributed by atoms with Crippen LogP contribution in [0.1, 0.15) is 69.4 Å². The van der Waals surface area contributed by atoms with E-state index in [0.717, 1.165) is 23.6 Å². The Labute approximate surface area is 145 Å². The molecule has 0 spiro atoms. The maximum Gasteiger partial charge on any atom is 0.132 e. The lowest BCUT2D eigenvalue weighted by Gasteiger charge is -2.26. The van der Waals surface area contributed by atoms with E-state index in [0.29, 0.717) is 11.5 Å². The third-order valence-corrected chi connectivity index (χ3v) is 5.40. The smallest absolute Gasteiger partial charge is 0.132 e. The summed E-state index contributed by atoms with van der Waals surface area (Å²) in [4.78, 5) is 4.47. The second-order valence-corrected chi connectivity index (χ2v) is 7.35. The van der Waals surface area contributed by atoms with Crippen LogP contribution in [0.5, 0.6) is 0 Å². The first-order chi connectivity index (χ1) is 11.7. The summed E-state index contributed by atoms with van der Waals surface area (Å²) in [5.74, 6) is 1.20. The van der Waals surface area contributed by atoms with Crippen LogP contribution in [0.25, 0.3) is 11.3 Å². The Morgan fingerprint density at radius 2 is 1.88 bits per heavy atom. The summed E-state index contributed by atoms with van der Waals surface area (Å²) >= 11 is 0. The molecule has 1 aliphatic carbocycles. The van der Waals surface area contributed by atoms with E-state index in [1.807, 2.05) is 18.3 Å². The summed E-state index contributed by atoms with van der Waals surface area (Å²) < 4.78 is 14.6. The molecule has 1 aliphatic rings. The van der Waals surface area contributed by atoms with E-state index >= 15 is 0 Å². The quantitative estimate of drug-likeness (QED) is 0.609. The number of unbranched alkanes of at least 4 members (excludes halogenated alkanes) is 1. The summed E-state index contributed by atoms with van der Waals surface area (Å²) in [5.41, 5.74) is 3.73. The first-order valence-corrected chi connectivity index (χ1v) is 9.42. The Morgan fingerprint density at radius 1 is 1.08 bits per heavy atom. The molecule has 0 aliphatic heterocycles. The van der Waals surface area contributed by atoms with Crippen molar-refractivity contribution < 1.29 is 4.39 Å². The molecule has 0 radical (unpaired) electrons. The van der Waals surface area contributed by atoms with Crippen LogP contribution in [0.15, 0.2) is 36.5 Å². The van der Waals surface area contributed by atoms with Gasteiger partial charge in [-0.15, -0.1) is 0 Å². The second kappa shape index (κ2) is 7.92. The number of rotatable bonds is 5. The van der Waals surface area contributed by atoms with E-state index in [1.165, 1.54) is 44.1 Å². The highest BCUT2D eigenvalue weighted by molar-refractivity contribution is 5.60. The number of pyridine rings is 1. The van der Waals surface area contributed by atoms with Gasteiger partial charge in [0.2, 0.25) is 0 Å². The fourth-order valence-corrected chi connectivity index (χ4v) is 3.70. The molecular formula is C22H28FN. The summed E-state index contributed by atoms with van der Waals surface area (Å²) in [6, 6.07) is 9.78. The molecule has 1 aromatic heterocycles. The van der Waals surface area contributed by atoms with Crippen molar-refractivity contribution >= 4 is 0 Å². The lowest BCUT2D eigenvalue weighted by Crippen LogP contribution is -2.11. The Kier molecular flexibility index (Phi) is 5.65.